The van der Waals surface area contributed by atoms with Crippen molar-refractivity contribution in [2.75, 3.05) is 18.0 Å². The molecule has 26 heavy (non-hydrogen) atoms. The van der Waals surface area contributed by atoms with Gasteiger partial charge in [0.2, 0.25) is 5.95 Å². The van der Waals surface area contributed by atoms with Gasteiger partial charge in [-0.3, -0.25) is 9.48 Å². The van der Waals surface area contributed by atoms with Gasteiger partial charge in [0.1, 0.15) is 10.7 Å². The molecule has 4 heterocycles. The Labute approximate surface area is 154 Å². The van der Waals surface area contributed by atoms with Crippen molar-refractivity contribution in [1.29, 1.82) is 0 Å². The lowest BCUT2D eigenvalue weighted by Crippen LogP contribution is -2.45. The average Bonchev–Trinajstić information content (AvgIpc) is 3.32. The lowest BCUT2D eigenvalue weighted by Gasteiger charge is -2.32. The highest BCUT2D eigenvalue weighted by atomic mass is 32.1. The summed E-state index contributed by atoms with van der Waals surface area (Å²) < 4.78 is 1.72. The molecule has 1 N–H and O–H groups in total. The lowest BCUT2D eigenvalue weighted by atomic mass is 10.1. The van der Waals surface area contributed by atoms with Gasteiger partial charge in [-0.1, -0.05) is 0 Å². The Morgan fingerprint density at radius 2 is 2.04 bits per heavy atom. The first-order chi connectivity index (χ1) is 12.7. The molecular formula is C17H19N7OS. The number of nitrogens with zero attached hydrogens (tertiary/aromatic N) is 6. The molecule has 134 valence electrons. The van der Waals surface area contributed by atoms with E-state index >= 15 is 0 Å². The normalized spacial score (nSPS) is 15.2. The molecule has 1 saturated heterocycles. The first kappa shape index (κ1) is 16.6. The Balaban J connectivity index is 1.34. The number of carbonyl (C=O) groups excluding carboxylic acids is 1. The van der Waals surface area contributed by atoms with Crippen molar-refractivity contribution in [3.8, 4) is 10.6 Å². The SMILES string of the molecule is Cn1cc(-c2nc(C(=O)NC3CCN(c4ncccn4)CC3)cs2)cn1. The minimum Gasteiger partial charge on any atom is -0.348 e. The van der Waals surface area contributed by atoms with Crippen LogP contribution in [0.2, 0.25) is 0 Å². The van der Waals surface area contributed by atoms with Crippen LogP contribution in [0.1, 0.15) is 23.3 Å². The number of amides is 1. The van der Waals surface area contributed by atoms with Crippen LogP contribution >= 0.6 is 11.3 Å². The standard InChI is InChI=1S/C17H19N7OS/c1-23-10-12(9-20-23)16-22-14(11-26-16)15(25)21-13-3-7-24(8-4-13)17-18-5-2-6-19-17/h2,5-6,9-11,13H,3-4,7-8H2,1H3,(H,21,25). The van der Waals surface area contributed by atoms with Gasteiger partial charge < -0.3 is 10.2 Å². The molecule has 0 unspecified atom stereocenters. The van der Waals surface area contributed by atoms with E-state index in [1.165, 1.54) is 11.3 Å². The van der Waals surface area contributed by atoms with E-state index in [0.29, 0.717) is 5.69 Å². The third-order valence-electron chi connectivity index (χ3n) is 4.35. The first-order valence-corrected chi connectivity index (χ1v) is 9.34. The summed E-state index contributed by atoms with van der Waals surface area (Å²) >= 11 is 1.45. The van der Waals surface area contributed by atoms with Crippen LogP contribution in [-0.4, -0.2) is 49.8 Å². The fraction of sp³-hybridized carbons (Fsp3) is 0.353. The van der Waals surface area contributed by atoms with Crippen molar-refractivity contribution in [2.45, 2.75) is 18.9 Å². The highest BCUT2D eigenvalue weighted by molar-refractivity contribution is 7.13. The smallest absolute Gasteiger partial charge is 0.270 e. The molecule has 1 aliphatic heterocycles. The third kappa shape index (κ3) is 3.57. The van der Waals surface area contributed by atoms with Crippen LogP contribution in [0, 0.1) is 0 Å². The summed E-state index contributed by atoms with van der Waals surface area (Å²) in [6, 6.07) is 1.95. The van der Waals surface area contributed by atoms with E-state index in [0.717, 1.165) is 42.5 Å². The van der Waals surface area contributed by atoms with Gasteiger partial charge >= 0.3 is 0 Å². The molecule has 0 atom stereocenters. The quantitative estimate of drug-likeness (QED) is 0.753. The minimum absolute atomic E-state index is 0.120. The van der Waals surface area contributed by atoms with E-state index in [1.807, 2.05) is 19.3 Å². The highest BCUT2D eigenvalue weighted by Gasteiger charge is 2.23. The molecular weight excluding hydrogens is 350 g/mol. The number of thiazole rings is 1. The van der Waals surface area contributed by atoms with Gasteiger partial charge in [0.15, 0.2) is 0 Å². The van der Waals surface area contributed by atoms with Crippen LogP contribution in [0.5, 0.6) is 0 Å². The molecule has 9 heteroatoms. The zero-order chi connectivity index (χ0) is 17.9. The fourth-order valence-corrected chi connectivity index (χ4v) is 3.76. The number of carbonyl (C=O) groups is 1. The summed E-state index contributed by atoms with van der Waals surface area (Å²) in [6.07, 6.45) is 8.87. The largest absolute Gasteiger partial charge is 0.348 e. The Kier molecular flexibility index (Phi) is 4.61. The fourth-order valence-electron chi connectivity index (χ4n) is 2.98. The van der Waals surface area contributed by atoms with E-state index in [1.54, 1.807) is 28.7 Å². The molecule has 0 spiro atoms. The Bertz CT molecular complexity index is 883. The van der Waals surface area contributed by atoms with Gasteiger partial charge in [-0.2, -0.15) is 5.10 Å². The molecule has 1 amide bonds. The zero-order valence-electron chi connectivity index (χ0n) is 14.4. The van der Waals surface area contributed by atoms with Gasteiger partial charge in [-0.15, -0.1) is 11.3 Å². The van der Waals surface area contributed by atoms with Crippen LogP contribution in [0.25, 0.3) is 10.6 Å². The number of hydrogen-bond donors (Lipinski definition) is 1. The van der Waals surface area contributed by atoms with Crippen molar-refractivity contribution in [3.63, 3.8) is 0 Å². The molecule has 0 aromatic carbocycles. The van der Waals surface area contributed by atoms with Crippen molar-refractivity contribution >= 4 is 23.2 Å². The van der Waals surface area contributed by atoms with Crippen molar-refractivity contribution in [3.05, 3.63) is 41.9 Å². The number of aryl methyl sites for hydroxylation is 1. The lowest BCUT2D eigenvalue weighted by molar-refractivity contribution is 0.0927. The third-order valence-corrected chi connectivity index (χ3v) is 5.25. The van der Waals surface area contributed by atoms with Crippen molar-refractivity contribution in [2.24, 2.45) is 7.05 Å². The van der Waals surface area contributed by atoms with Gasteiger partial charge in [0, 0.05) is 55.7 Å². The second kappa shape index (κ2) is 7.20. The van der Waals surface area contributed by atoms with Gasteiger partial charge in [0.25, 0.3) is 5.91 Å². The molecule has 0 bridgehead atoms. The van der Waals surface area contributed by atoms with Crippen LogP contribution in [-0.2, 0) is 7.05 Å². The number of piperidine rings is 1. The summed E-state index contributed by atoms with van der Waals surface area (Å²) in [5.41, 5.74) is 1.38. The maximum absolute atomic E-state index is 12.5. The van der Waals surface area contributed by atoms with Crippen LogP contribution in [0.15, 0.2) is 36.2 Å². The van der Waals surface area contributed by atoms with Crippen LogP contribution in [0.4, 0.5) is 5.95 Å². The molecule has 1 fully saturated rings. The monoisotopic (exact) mass is 369 g/mol. The Hall–Kier alpha value is -2.81. The minimum atomic E-state index is -0.120. The molecule has 1 aliphatic rings. The van der Waals surface area contributed by atoms with Gasteiger partial charge in [0.05, 0.1) is 6.20 Å². The maximum atomic E-state index is 12.5. The summed E-state index contributed by atoms with van der Waals surface area (Å²) in [6.45, 7) is 1.65. The second-order valence-corrected chi connectivity index (χ2v) is 7.08. The molecule has 0 saturated carbocycles. The van der Waals surface area contributed by atoms with Gasteiger partial charge in [-0.05, 0) is 18.9 Å². The Morgan fingerprint density at radius 3 is 2.73 bits per heavy atom. The van der Waals surface area contributed by atoms with E-state index in [-0.39, 0.29) is 11.9 Å². The molecule has 3 aromatic heterocycles. The molecule has 0 aliphatic carbocycles. The first-order valence-electron chi connectivity index (χ1n) is 8.46. The Morgan fingerprint density at radius 1 is 1.27 bits per heavy atom. The van der Waals surface area contributed by atoms with E-state index in [4.69, 9.17) is 0 Å². The number of hydrogen-bond acceptors (Lipinski definition) is 7. The molecule has 3 aromatic rings. The summed E-state index contributed by atoms with van der Waals surface area (Å²) in [7, 11) is 1.86. The topological polar surface area (TPSA) is 88.8 Å². The number of rotatable bonds is 4. The van der Waals surface area contributed by atoms with Gasteiger partial charge in [-0.25, -0.2) is 15.0 Å². The summed E-state index contributed by atoms with van der Waals surface area (Å²) in [5.74, 6) is 0.628. The average molecular weight is 369 g/mol. The molecule has 8 nitrogen and oxygen atoms in total. The summed E-state index contributed by atoms with van der Waals surface area (Å²) in [5, 5.41) is 9.84. The maximum Gasteiger partial charge on any atom is 0.270 e. The van der Waals surface area contributed by atoms with E-state index in [9.17, 15) is 4.79 Å². The predicted molar refractivity (Wildman–Crippen MR) is 99.0 cm³/mol. The number of anilines is 1. The molecule has 0 radical (unpaired) electrons. The van der Waals surface area contributed by atoms with Crippen LogP contribution in [0.3, 0.4) is 0 Å². The second-order valence-electron chi connectivity index (χ2n) is 6.22. The number of aromatic nitrogens is 5. The predicted octanol–water partition coefficient (Wildman–Crippen LogP) is 1.73. The van der Waals surface area contributed by atoms with Crippen molar-refractivity contribution in [1.82, 2.24) is 30.0 Å². The van der Waals surface area contributed by atoms with E-state index < -0.39 is 0 Å². The summed E-state index contributed by atoms with van der Waals surface area (Å²) in [4.78, 5) is 27.6. The number of nitrogens with one attached hydrogen (secondary N) is 1. The van der Waals surface area contributed by atoms with Crippen molar-refractivity contribution < 1.29 is 4.79 Å². The highest BCUT2D eigenvalue weighted by Crippen LogP contribution is 2.23. The molecule has 4 rings (SSSR count). The zero-order valence-corrected chi connectivity index (χ0v) is 15.2. The van der Waals surface area contributed by atoms with E-state index in [2.05, 4.69) is 30.3 Å². The van der Waals surface area contributed by atoms with Crippen LogP contribution < -0.4 is 10.2 Å².